The van der Waals surface area contributed by atoms with Crippen LogP contribution in [0.15, 0.2) is 0 Å². The molecule has 0 aromatic carbocycles. The molecule has 0 heterocycles. The van der Waals surface area contributed by atoms with E-state index in [9.17, 15) is 8.78 Å². The van der Waals surface area contributed by atoms with Crippen LogP contribution in [0.5, 0.6) is 0 Å². The van der Waals surface area contributed by atoms with Gasteiger partial charge in [-0.1, -0.05) is 6.92 Å². The molecule has 1 nitrogen and oxygen atoms in total. The van der Waals surface area contributed by atoms with Crippen molar-refractivity contribution in [2.45, 2.75) is 6.92 Å². The van der Waals surface area contributed by atoms with Crippen molar-refractivity contribution in [2.24, 2.45) is 5.41 Å². The topological polar surface area (TPSA) is 20.2 Å². The van der Waals surface area contributed by atoms with Crippen LogP contribution < -0.4 is 0 Å². The van der Waals surface area contributed by atoms with Gasteiger partial charge in [0.1, 0.15) is 0 Å². The van der Waals surface area contributed by atoms with Gasteiger partial charge in [0, 0.05) is 5.41 Å². The van der Waals surface area contributed by atoms with Crippen LogP contribution in [-0.2, 0) is 0 Å². The lowest BCUT2D eigenvalue weighted by molar-refractivity contribution is 0.0837. The summed E-state index contributed by atoms with van der Waals surface area (Å²) in [6.07, 6.45) is 0. The van der Waals surface area contributed by atoms with Crippen LogP contribution in [-0.4, -0.2) is 25.1 Å². The van der Waals surface area contributed by atoms with Crippen LogP contribution in [0, 0.1) is 5.41 Å². The summed E-state index contributed by atoms with van der Waals surface area (Å²) in [7, 11) is 0. The largest absolute Gasteiger partial charge is 0.396 e. The van der Waals surface area contributed by atoms with Crippen molar-refractivity contribution < 1.29 is 13.9 Å². The van der Waals surface area contributed by atoms with Gasteiger partial charge in [0.15, 0.2) is 0 Å². The monoisotopic (exact) mass is 124 g/mol. The highest BCUT2D eigenvalue weighted by molar-refractivity contribution is 4.69. The van der Waals surface area contributed by atoms with E-state index < -0.39 is 25.4 Å². The number of rotatable bonds is 3. The molecule has 0 aromatic rings. The molecule has 0 saturated heterocycles. The third-order valence-corrected chi connectivity index (χ3v) is 1.03. The first-order valence-electron chi connectivity index (χ1n) is 2.41. The summed E-state index contributed by atoms with van der Waals surface area (Å²) in [5.41, 5.74) is -1.15. The van der Waals surface area contributed by atoms with Crippen molar-refractivity contribution in [1.82, 2.24) is 0 Å². The molecule has 3 heteroatoms. The Labute approximate surface area is 47.3 Å². The zero-order valence-corrected chi connectivity index (χ0v) is 4.82. The van der Waals surface area contributed by atoms with Crippen molar-refractivity contribution in [3.05, 3.63) is 0 Å². The van der Waals surface area contributed by atoms with E-state index in [1.807, 2.05) is 0 Å². The van der Waals surface area contributed by atoms with Gasteiger partial charge < -0.3 is 5.11 Å². The van der Waals surface area contributed by atoms with Gasteiger partial charge in [0.25, 0.3) is 0 Å². The van der Waals surface area contributed by atoms with Crippen LogP contribution in [0.3, 0.4) is 0 Å². The third kappa shape index (κ3) is 1.74. The predicted molar refractivity (Wildman–Crippen MR) is 27.1 cm³/mol. The van der Waals surface area contributed by atoms with Crippen molar-refractivity contribution in [3.63, 3.8) is 0 Å². The Morgan fingerprint density at radius 2 is 1.75 bits per heavy atom. The molecule has 0 bridgehead atoms. The standard InChI is InChI=1S/C5H10F2O/c1-5(2-6,3-7)4-8/h8H,2-4H2,1H3. The Hall–Kier alpha value is -0.180. The minimum Gasteiger partial charge on any atom is -0.396 e. The molecule has 0 aliphatic heterocycles. The maximum Gasteiger partial charge on any atom is 0.0995 e. The molecule has 0 radical (unpaired) electrons. The summed E-state index contributed by atoms with van der Waals surface area (Å²) in [5.74, 6) is 0. The van der Waals surface area contributed by atoms with Gasteiger partial charge in [0.05, 0.1) is 20.0 Å². The minimum absolute atomic E-state index is 0.431. The Bertz CT molecular complexity index is 53.2. The number of hydrogen-bond donors (Lipinski definition) is 1. The molecule has 0 fully saturated rings. The molecule has 0 aromatic heterocycles. The second-order valence-corrected chi connectivity index (χ2v) is 2.24. The normalized spacial score (nSPS) is 12.0. The SMILES string of the molecule is CC(CO)(CF)CF. The fourth-order valence-corrected chi connectivity index (χ4v) is 0.120. The van der Waals surface area contributed by atoms with Crippen LogP contribution >= 0.6 is 0 Å². The molecule has 0 atom stereocenters. The zero-order valence-electron chi connectivity index (χ0n) is 4.82. The Morgan fingerprint density at radius 1 is 1.38 bits per heavy atom. The fraction of sp³-hybridized carbons (Fsp3) is 1.00. The zero-order chi connectivity index (χ0) is 6.62. The highest BCUT2D eigenvalue weighted by Gasteiger charge is 2.22. The molecular weight excluding hydrogens is 114 g/mol. The quantitative estimate of drug-likeness (QED) is 0.593. The van der Waals surface area contributed by atoms with Crippen LogP contribution in [0.4, 0.5) is 8.78 Å². The molecule has 8 heavy (non-hydrogen) atoms. The molecular formula is C5H10F2O. The number of halogens is 2. The summed E-state index contributed by atoms with van der Waals surface area (Å²) < 4.78 is 23.3. The third-order valence-electron chi connectivity index (χ3n) is 1.03. The molecule has 0 aliphatic carbocycles. The van der Waals surface area contributed by atoms with Crippen molar-refractivity contribution in [2.75, 3.05) is 20.0 Å². The maximum absolute atomic E-state index is 11.6. The van der Waals surface area contributed by atoms with E-state index in [0.29, 0.717) is 0 Å². The molecule has 0 amide bonds. The van der Waals surface area contributed by atoms with E-state index in [1.54, 1.807) is 0 Å². The molecule has 0 rings (SSSR count). The maximum atomic E-state index is 11.6. The first kappa shape index (κ1) is 7.82. The Balaban J connectivity index is 3.58. The smallest absolute Gasteiger partial charge is 0.0995 e. The van der Waals surface area contributed by atoms with Gasteiger partial charge >= 0.3 is 0 Å². The number of hydrogen-bond acceptors (Lipinski definition) is 1. The van der Waals surface area contributed by atoms with Crippen LogP contribution in [0.1, 0.15) is 6.92 Å². The second kappa shape index (κ2) is 2.97. The van der Waals surface area contributed by atoms with Gasteiger partial charge in [-0.2, -0.15) is 0 Å². The van der Waals surface area contributed by atoms with Crippen molar-refractivity contribution in [1.29, 1.82) is 0 Å². The van der Waals surface area contributed by atoms with Crippen LogP contribution in [0.2, 0.25) is 0 Å². The van der Waals surface area contributed by atoms with Crippen LogP contribution in [0.25, 0.3) is 0 Å². The minimum atomic E-state index is -1.15. The van der Waals surface area contributed by atoms with Gasteiger partial charge in [0.2, 0.25) is 0 Å². The first-order chi connectivity index (χ1) is 3.68. The lowest BCUT2D eigenvalue weighted by atomic mass is 9.96. The van der Waals surface area contributed by atoms with Gasteiger partial charge in [-0.15, -0.1) is 0 Å². The van der Waals surface area contributed by atoms with Gasteiger partial charge in [-0.3, -0.25) is 8.78 Å². The Morgan fingerprint density at radius 3 is 1.75 bits per heavy atom. The van der Waals surface area contributed by atoms with Gasteiger partial charge in [-0.05, 0) is 0 Å². The lowest BCUT2D eigenvalue weighted by Crippen LogP contribution is -2.25. The molecule has 50 valence electrons. The summed E-state index contributed by atoms with van der Waals surface area (Å²) >= 11 is 0. The Kier molecular flexibility index (Phi) is 2.90. The van der Waals surface area contributed by atoms with E-state index in [4.69, 9.17) is 5.11 Å². The van der Waals surface area contributed by atoms with E-state index in [0.717, 1.165) is 0 Å². The number of aliphatic hydroxyl groups is 1. The van der Waals surface area contributed by atoms with E-state index >= 15 is 0 Å². The first-order valence-corrected chi connectivity index (χ1v) is 2.41. The molecule has 1 N–H and O–H groups in total. The van der Waals surface area contributed by atoms with Crippen molar-refractivity contribution in [3.8, 4) is 0 Å². The fourth-order valence-electron chi connectivity index (χ4n) is 0.120. The predicted octanol–water partition coefficient (Wildman–Crippen LogP) is 0.924. The molecule has 0 spiro atoms. The average Bonchev–Trinajstić information content (AvgIpc) is 1.87. The number of alkyl halides is 2. The van der Waals surface area contributed by atoms with E-state index in [2.05, 4.69) is 0 Å². The van der Waals surface area contributed by atoms with E-state index in [-0.39, 0.29) is 0 Å². The highest BCUT2D eigenvalue weighted by Crippen LogP contribution is 2.15. The molecule has 0 unspecified atom stereocenters. The molecule has 0 saturated carbocycles. The van der Waals surface area contributed by atoms with Crippen molar-refractivity contribution >= 4 is 0 Å². The van der Waals surface area contributed by atoms with Gasteiger partial charge in [-0.25, -0.2) is 0 Å². The summed E-state index contributed by atoms with van der Waals surface area (Å²) in [5, 5.41) is 8.31. The van der Waals surface area contributed by atoms with E-state index in [1.165, 1.54) is 6.92 Å². The summed E-state index contributed by atoms with van der Waals surface area (Å²) in [6, 6.07) is 0. The molecule has 0 aliphatic rings. The summed E-state index contributed by atoms with van der Waals surface area (Å²) in [6.45, 7) is -0.687. The lowest BCUT2D eigenvalue weighted by Gasteiger charge is -2.17. The highest BCUT2D eigenvalue weighted by atomic mass is 19.1. The average molecular weight is 124 g/mol. The summed E-state index contributed by atoms with van der Waals surface area (Å²) in [4.78, 5) is 0. The number of aliphatic hydroxyl groups excluding tert-OH is 1. The second-order valence-electron chi connectivity index (χ2n) is 2.24.